The van der Waals surface area contributed by atoms with Gasteiger partial charge in [-0.25, -0.2) is 8.42 Å². The van der Waals surface area contributed by atoms with Crippen LogP contribution in [0.5, 0.6) is 0 Å². The topological polar surface area (TPSA) is 79.6 Å². The van der Waals surface area contributed by atoms with Crippen molar-refractivity contribution >= 4 is 38.3 Å². The second kappa shape index (κ2) is 5.93. The van der Waals surface area contributed by atoms with E-state index in [0.29, 0.717) is 29.9 Å². The number of fused-ring (bicyclic) bond motifs is 1. The Bertz CT molecular complexity index is 1040. The van der Waals surface area contributed by atoms with Crippen LogP contribution in [0.25, 0.3) is 11.0 Å². The van der Waals surface area contributed by atoms with E-state index in [9.17, 15) is 13.2 Å². The predicted octanol–water partition coefficient (Wildman–Crippen LogP) is 3.23. The van der Waals surface area contributed by atoms with E-state index in [0.717, 1.165) is 11.0 Å². The van der Waals surface area contributed by atoms with Crippen molar-refractivity contribution in [3.05, 3.63) is 60.4 Å². The van der Waals surface area contributed by atoms with E-state index < -0.39 is 10.0 Å². The first-order valence-electron chi connectivity index (χ1n) is 7.92. The van der Waals surface area contributed by atoms with E-state index in [4.69, 9.17) is 4.42 Å². The van der Waals surface area contributed by atoms with E-state index in [1.165, 1.54) is 4.31 Å². The normalized spacial score (nSPS) is 16.2. The fraction of sp³-hybridized carbons (Fsp3) is 0.167. The maximum Gasteiger partial charge on any atom is 0.255 e. The molecule has 7 heteroatoms. The molecule has 0 atom stereocenters. The zero-order valence-corrected chi connectivity index (χ0v) is 14.1. The van der Waals surface area contributed by atoms with E-state index in [1.807, 2.05) is 12.1 Å². The molecule has 2 heterocycles. The quantitative estimate of drug-likeness (QED) is 0.781. The van der Waals surface area contributed by atoms with Crippen molar-refractivity contribution in [2.45, 2.75) is 6.42 Å². The summed E-state index contributed by atoms with van der Waals surface area (Å²) in [6, 6.07) is 13.8. The zero-order valence-electron chi connectivity index (χ0n) is 13.3. The number of nitrogens with one attached hydrogen (secondary N) is 1. The van der Waals surface area contributed by atoms with Gasteiger partial charge >= 0.3 is 0 Å². The third-order valence-electron chi connectivity index (χ3n) is 4.23. The molecule has 0 spiro atoms. The third-order valence-corrected chi connectivity index (χ3v) is 6.10. The minimum atomic E-state index is -3.21. The summed E-state index contributed by atoms with van der Waals surface area (Å²) in [4.78, 5) is 12.4. The van der Waals surface area contributed by atoms with E-state index in [1.54, 1.807) is 42.7 Å². The maximum absolute atomic E-state index is 12.4. The van der Waals surface area contributed by atoms with Gasteiger partial charge in [-0.1, -0.05) is 0 Å². The van der Waals surface area contributed by atoms with Crippen LogP contribution in [0.1, 0.15) is 16.8 Å². The van der Waals surface area contributed by atoms with Crippen LogP contribution in [0.4, 0.5) is 11.4 Å². The molecule has 1 aliphatic rings. The Hall–Kier alpha value is -2.80. The second-order valence-electron chi connectivity index (χ2n) is 5.92. The highest BCUT2D eigenvalue weighted by Gasteiger charge is 2.28. The molecule has 0 unspecified atom stereocenters. The smallest absolute Gasteiger partial charge is 0.255 e. The van der Waals surface area contributed by atoms with Crippen LogP contribution in [0.3, 0.4) is 0 Å². The molecule has 25 heavy (non-hydrogen) atoms. The van der Waals surface area contributed by atoms with E-state index in [-0.39, 0.29) is 11.7 Å². The second-order valence-corrected chi connectivity index (χ2v) is 7.93. The molecule has 1 fully saturated rings. The van der Waals surface area contributed by atoms with Crippen molar-refractivity contribution in [1.29, 1.82) is 0 Å². The number of sulfonamides is 1. The van der Waals surface area contributed by atoms with Crippen LogP contribution in [-0.4, -0.2) is 26.6 Å². The Morgan fingerprint density at radius 2 is 1.88 bits per heavy atom. The summed E-state index contributed by atoms with van der Waals surface area (Å²) in [5.41, 5.74) is 2.49. The summed E-state index contributed by atoms with van der Waals surface area (Å²) in [6.07, 6.45) is 2.22. The number of hydrogen-bond donors (Lipinski definition) is 1. The van der Waals surface area contributed by atoms with Gasteiger partial charge in [0.15, 0.2) is 0 Å². The lowest BCUT2D eigenvalue weighted by Gasteiger charge is -2.17. The lowest BCUT2D eigenvalue weighted by atomic mass is 10.1. The van der Waals surface area contributed by atoms with Crippen molar-refractivity contribution in [3.63, 3.8) is 0 Å². The highest BCUT2D eigenvalue weighted by molar-refractivity contribution is 7.93. The average molecular weight is 356 g/mol. The van der Waals surface area contributed by atoms with Crippen LogP contribution in [0, 0.1) is 0 Å². The summed E-state index contributed by atoms with van der Waals surface area (Å²) in [5.74, 6) is -0.0789. The first-order chi connectivity index (χ1) is 12.0. The summed E-state index contributed by atoms with van der Waals surface area (Å²) in [5, 5.41) is 3.74. The molecule has 0 aliphatic carbocycles. The van der Waals surface area contributed by atoms with Crippen LogP contribution in [0.15, 0.2) is 59.2 Å². The van der Waals surface area contributed by atoms with Gasteiger partial charge in [0.25, 0.3) is 5.91 Å². The molecule has 128 valence electrons. The SMILES string of the molecule is O=C(Nc1ccc2occc2c1)c1ccc(N2CCCS2(=O)=O)cc1. The number of hydrogen-bond acceptors (Lipinski definition) is 4. The van der Waals surface area contributed by atoms with E-state index in [2.05, 4.69) is 5.32 Å². The van der Waals surface area contributed by atoms with Gasteiger partial charge in [0.1, 0.15) is 5.58 Å². The van der Waals surface area contributed by atoms with Crippen molar-refractivity contribution in [2.75, 3.05) is 21.9 Å². The molecular weight excluding hydrogens is 340 g/mol. The molecule has 1 amide bonds. The number of rotatable bonds is 3. The Morgan fingerprint density at radius 3 is 2.60 bits per heavy atom. The molecule has 0 radical (unpaired) electrons. The Kier molecular flexibility index (Phi) is 3.73. The molecule has 4 rings (SSSR count). The van der Waals surface area contributed by atoms with Crippen molar-refractivity contribution in [3.8, 4) is 0 Å². The number of anilines is 2. The van der Waals surface area contributed by atoms with Crippen LogP contribution in [-0.2, 0) is 10.0 Å². The summed E-state index contributed by atoms with van der Waals surface area (Å²) < 4.78 is 30.6. The fourth-order valence-corrected chi connectivity index (χ4v) is 4.52. The summed E-state index contributed by atoms with van der Waals surface area (Å²) >= 11 is 0. The highest BCUT2D eigenvalue weighted by Crippen LogP contribution is 2.25. The minimum absolute atomic E-state index is 0.172. The number of furan rings is 1. The standard InChI is InChI=1S/C18H16N2O4S/c21-18(19-15-4-7-17-14(12-15)8-10-24-17)13-2-5-16(6-3-13)20-9-1-11-25(20,22)23/h2-8,10,12H,1,9,11H2,(H,19,21). The lowest BCUT2D eigenvalue weighted by Crippen LogP contribution is -2.25. The van der Waals surface area contributed by atoms with Gasteiger partial charge < -0.3 is 9.73 Å². The average Bonchev–Trinajstić information content (AvgIpc) is 3.20. The van der Waals surface area contributed by atoms with Gasteiger partial charge in [0.05, 0.1) is 17.7 Å². The van der Waals surface area contributed by atoms with Crippen molar-refractivity contribution in [1.82, 2.24) is 0 Å². The fourth-order valence-electron chi connectivity index (χ4n) is 2.96. The first-order valence-corrected chi connectivity index (χ1v) is 9.53. The number of benzene rings is 2. The van der Waals surface area contributed by atoms with Gasteiger partial charge in [-0.05, 0) is 55.0 Å². The van der Waals surface area contributed by atoms with Gasteiger partial charge in [-0.15, -0.1) is 0 Å². The highest BCUT2D eigenvalue weighted by atomic mass is 32.2. The first kappa shape index (κ1) is 15.7. The molecule has 1 aromatic heterocycles. The summed E-state index contributed by atoms with van der Waals surface area (Å²) in [6.45, 7) is 0.485. The Balaban J connectivity index is 1.52. The van der Waals surface area contributed by atoms with Crippen LogP contribution >= 0.6 is 0 Å². The van der Waals surface area contributed by atoms with Gasteiger partial charge in [-0.2, -0.15) is 0 Å². The van der Waals surface area contributed by atoms with Gasteiger partial charge in [0.2, 0.25) is 10.0 Å². The van der Waals surface area contributed by atoms with Crippen molar-refractivity contribution in [2.24, 2.45) is 0 Å². The van der Waals surface area contributed by atoms with Crippen LogP contribution < -0.4 is 9.62 Å². The lowest BCUT2D eigenvalue weighted by molar-refractivity contribution is 0.102. The number of carbonyl (C=O) groups is 1. The Morgan fingerprint density at radius 1 is 1.08 bits per heavy atom. The Labute approximate surface area is 145 Å². The molecule has 0 bridgehead atoms. The number of carbonyl (C=O) groups excluding carboxylic acids is 1. The number of amides is 1. The van der Waals surface area contributed by atoms with Gasteiger partial charge in [0, 0.05) is 23.2 Å². The molecule has 2 aromatic carbocycles. The van der Waals surface area contributed by atoms with Crippen molar-refractivity contribution < 1.29 is 17.6 Å². The molecule has 1 aliphatic heterocycles. The largest absolute Gasteiger partial charge is 0.464 e. The minimum Gasteiger partial charge on any atom is -0.464 e. The molecule has 6 nitrogen and oxygen atoms in total. The molecule has 0 saturated carbocycles. The molecular formula is C18H16N2O4S. The van der Waals surface area contributed by atoms with Crippen LogP contribution in [0.2, 0.25) is 0 Å². The third kappa shape index (κ3) is 2.98. The summed E-state index contributed by atoms with van der Waals surface area (Å²) in [7, 11) is -3.21. The predicted molar refractivity (Wildman–Crippen MR) is 96.4 cm³/mol. The van der Waals surface area contributed by atoms with E-state index >= 15 is 0 Å². The zero-order chi connectivity index (χ0) is 17.4. The molecule has 1 N–H and O–H groups in total. The van der Waals surface area contributed by atoms with Gasteiger partial charge in [-0.3, -0.25) is 9.10 Å². The maximum atomic E-state index is 12.4. The monoisotopic (exact) mass is 356 g/mol. The molecule has 3 aromatic rings. The molecule has 1 saturated heterocycles. The number of nitrogens with zero attached hydrogens (tertiary/aromatic N) is 1.